The Morgan fingerprint density at radius 2 is 1.95 bits per heavy atom. The molecule has 6 heteroatoms. The van der Waals surface area contributed by atoms with Crippen LogP contribution in [-0.2, 0) is 6.18 Å². The zero-order chi connectivity index (χ0) is 15.5. The molecule has 1 fully saturated rings. The van der Waals surface area contributed by atoms with Crippen molar-refractivity contribution in [1.29, 1.82) is 0 Å². The zero-order valence-corrected chi connectivity index (χ0v) is 12.8. The molecule has 21 heavy (non-hydrogen) atoms. The number of nitrogens with zero attached hydrogens (tertiary/aromatic N) is 1. The summed E-state index contributed by atoms with van der Waals surface area (Å²) in [6.07, 6.45) is -1.39. The van der Waals surface area contributed by atoms with Gasteiger partial charge in [-0.2, -0.15) is 13.2 Å². The van der Waals surface area contributed by atoms with Gasteiger partial charge in [0.15, 0.2) is 0 Å². The number of anilines is 1. The third kappa shape index (κ3) is 4.51. The molecule has 2 rings (SSSR count). The Morgan fingerprint density at radius 3 is 2.52 bits per heavy atom. The van der Waals surface area contributed by atoms with Gasteiger partial charge < -0.3 is 10.2 Å². The predicted molar refractivity (Wildman–Crippen MR) is 79.8 cm³/mol. The predicted octanol–water partition coefficient (Wildman–Crippen LogP) is 4.65. The molecule has 118 valence electrons. The minimum Gasteiger partial charge on any atom is -0.382 e. The molecule has 1 saturated heterocycles. The lowest BCUT2D eigenvalue weighted by Gasteiger charge is -2.32. The van der Waals surface area contributed by atoms with Crippen molar-refractivity contribution in [2.45, 2.75) is 38.4 Å². The van der Waals surface area contributed by atoms with Gasteiger partial charge >= 0.3 is 6.18 Å². The number of piperidine rings is 1. The SMILES string of the molecule is CCCN1CCC(Nc2ccc(Cl)c(C(F)(F)F)c2)CC1. The Balaban J connectivity index is 1.98. The highest BCUT2D eigenvalue weighted by Crippen LogP contribution is 2.36. The van der Waals surface area contributed by atoms with Gasteiger partial charge in [-0.1, -0.05) is 18.5 Å². The van der Waals surface area contributed by atoms with Gasteiger partial charge in [-0.25, -0.2) is 0 Å². The van der Waals surface area contributed by atoms with Crippen LogP contribution in [0, 0.1) is 0 Å². The molecule has 0 aromatic heterocycles. The second-order valence-electron chi connectivity index (χ2n) is 5.45. The molecule has 0 amide bonds. The van der Waals surface area contributed by atoms with Crippen molar-refractivity contribution in [3.05, 3.63) is 28.8 Å². The minimum atomic E-state index is -4.42. The van der Waals surface area contributed by atoms with Crippen molar-refractivity contribution in [3.8, 4) is 0 Å². The molecular weight excluding hydrogens is 301 g/mol. The van der Waals surface area contributed by atoms with E-state index >= 15 is 0 Å². The number of nitrogens with one attached hydrogen (secondary N) is 1. The molecule has 2 nitrogen and oxygen atoms in total. The first-order chi connectivity index (χ1) is 9.90. The van der Waals surface area contributed by atoms with E-state index in [-0.39, 0.29) is 11.1 Å². The first kappa shape index (κ1) is 16.4. The van der Waals surface area contributed by atoms with Gasteiger partial charge in [0.25, 0.3) is 0 Å². The molecule has 0 spiro atoms. The van der Waals surface area contributed by atoms with Gasteiger partial charge in [0, 0.05) is 24.8 Å². The number of likely N-dealkylation sites (tertiary alicyclic amines) is 1. The van der Waals surface area contributed by atoms with Crippen molar-refractivity contribution in [1.82, 2.24) is 4.90 Å². The average molecular weight is 321 g/mol. The van der Waals surface area contributed by atoms with Gasteiger partial charge in [0.1, 0.15) is 0 Å². The number of hydrogen-bond acceptors (Lipinski definition) is 2. The van der Waals surface area contributed by atoms with E-state index in [1.807, 2.05) is 0 Å². The van der Waals surface area contributed by atoms with Gasteiger partial charge in [0.05, 0.1) is 10.6 Å². The summed E-state index contributed by atoms with van der Waals surface area (Å²) >= 11 is 5.62. The van der Waals surface area contributed by atoms with Crippen LogP contribution in [0.25, 0.3) is 0 Å². The Bertz CT molecular complexity index is 468. The first-order valence-electron chi connectivity index (χ1n) is 7.25. The van der Waals surface area contributed by atoms with Crippen LogP contribution >= 0.6 is 11.6 Å². The van der Waals surface area contributed by atoms with Crippen molar-refractivity contribution < 1.29 is 13.2 Å². The van der Waals surface area contributed by atoms with Gasteiger partial charge in [-0.3, -0.25) is 0 Å². The lowest BCUT2D eigenvalue weighted by molar-refractivity contribution is -0.137. The third-order valence-corrected chi connectivity index (χ3v) is 4.10. The molecule has 0 atom stereocenters. The van der Waals surface area contributed by atoms with E-state index in [9.17, 15) is 13.2 Å². The largest absolute Gasteiger partial charge is 0.417 e. The van der Waals surface area contributed by atoms with Crippen LogP contribution in [0.4, 0.5) is 18.9 Å². The number of alkyl halides is 3. The van der Waals surface area contributed by atoms with Crippen LogP contribution in [0.3, 0.4) is 0 Å². The molecule has 1 aliphatic heterocycles. The lowest BCUT2D eigenvalue weighted by atomic mass is 10.0. The van der Waals surface area contributed by atoms with Gasteiger partial charge in [-0.15, -0.1) is 0 Å². The highest BCUT2D eigenvalue weighted by molar-refractivity contribution is 6.31. The summed E-state index contributed by atoms with van der Waals surface area (Å²) in [6, 6.07) is 4.23. The fourth-order valence-electron chi connectivity index (χ4n) is 2.69. The quantitative estimate of drug-likeness (QED) is 0.869. The molecule has 0 saturated carbocycles. The molecular formula is C15H20ClF3N2. The highest BCUT2D eigenvalue weighted by Gasteiger charge is 2.33. The first-order valence-corrected chi connectivity index (χ1v) is 7.63. The molecule has 1 N–H and O–H groups in total. The van der Waals surface area contributed by atoms with Crippen molar-refractivity contribution in [2.24, 2.45) is 0 Å². The molecule has 0 radical (unpaired) electrons. The molecule has 1 aromatic carbocycles. The van der Waals surface area contributed by atoms with Crippen LogP contribution in [-0.4, -0.2) is 30.6 Å². The Hall–Kier alpha value is -0.940. The fraction of sp³-hybridized carbons (Fsp3) is 0.600. The molecule has 0 unspecified atom stereocenters. The topological polar surface area (TPSA) is 15.3 Å². The van der Waals surface area contributed by atoms with Crippen molar-refractivity contribution >= 4 is 17.3 Å². The lowest BCUT2D eigenvalue weighted by Crippen LogP contribution is -2.39. The third-order valence-electron chi connectivity index (χ3n) is 3.77. The minimum absolute atomic E-state index is 0.223. The molecule has 1 aliphatic rings. The van der Waals surface area contributed by atoms with Crippen molar-refractivity contribution in [3.63, 3.8) is 0 Å². The standard InChI is InChI=1S/C15H20ClF3N2/c1-2-7-21-8-5-11(6-9-21)20-12-3-4-14(16)13(10-12)15(17,18)19/h3-4,10-11,20H,2,5-9H2,1H3. The summed E-state index contributed by atoms with van der Waals surface area (Å²) < 4.78 is 38.5. The maximum atomic E-state index is 12.8. The number of halogens is 4. The molecule has 0 aliphatic carbocycles. The van der Waals surface area contributed by atoms with E-state index in [1.54, 1.807) is 6.07 Å². The maximum absolute atomic E-state index is 12.8. The van der Waals surface area contributed by atoms with E-state index < -0.39 is 11.7 Å². The summed E-state index contributed by atoms with van der Waals surface area (Å²) in [6.45, 7) is 5.22. The smallest absolute Gasteiger partial charge is 0.382 e. The van der Waals surface area contributed by atoms with Gasteiger partial charge in [-0.05, 0) is 44.0 Å². The van der Waals surface area contributed by atoms with E-state index in [0.29, 0.717) is 5.69 Å². The zero-order valence-electron chi connectivity index (χ0n) is 12.0. The Morgan fingerprint density at radius 1 is 1.29 bits per heavy atom. The van der Waals surface area contributed by atoms with Gasteiger partial charge in [0.2, 0.25) is 0 Å². The summed E-state index contributed by atoms with van der Waals surface area (Å²) in [5.74, 6) is 0. The number of rotatable bonds is 4. The number of benzene rings is 1. The Labute approximate surface area is 128 Å². The fourth-order valence-corrected chi connectivity index (χ4v) is 2.91. The van der Waals surface area contributed by atoms with E-state index in [1.165, 1.54) is 6.07 Å². The van der Waals surface area contributed by atoms with Crippen molar-refractivity contribution in [2.75, 3.05) is 25.0 Å². The summed E-state index contributed by atoms with van der Waals surface area (Å²) in [5, 5.41) is 2.94. The Kier molecular flexibility index (Phi) is 5.38. The van der Waals surface area contributed by atoms with Crippen LogP contribution in [0.2, 0.25) is 5.02 Å². The van der Waals surface area contributed by atoms with E-state index in [4.69, 9.17) is 11.6 Å². The summed E-state index contributed by atoms with van der Waals surface area (Å²) in [4.78, 5) is 2.39. The van der Waals surface area contributed by atoms with Crippen LogP contribution in [0.1, 0.15) is 31.7 Å². The van der Waals surface area contributed by atoms with E-state index in [2.05, 4.69) is 17.1 Å². The average Bonchev–Trinajstić information content (AvgIpc) is 2.42. The number of hydrogen-bond donors (Lipinski definition) is 1. The normalized spacial score (nSPS) is 18.0. The molecule has 1 heterocycles. The second-order valence-corrected chi connectivity index (χ2v) is 5.86. The van der Waals surface area contributed by atoms with Crippen LogP contribution in [0.5, 0.6) is 0 Å². The van der Waals surface area contributed by atoms with E-state index in [0.717, 1.165) is 45.0 Å². The summed E-state index contributed by atoms with van der Waals surface area (Å²) in [7, 11) is 0. The monoisotopic (exact) mass is 320 g/mol. The second kappa shape index (κ2) is 6.88. The van der Waals surface area contributed by atoms with Crippen LogP contribution < -0.4 is 5.32 Å². The van der Waals surface area contributed by atoms with Crippen LogP contribution in [0.15, 0.2) is 18.2 Å². The molecule has 0 bridgehead atoms. The highest BCUT2D eigenvalue weighted by atomic mass is 35.5. The maximum Gasteiger partial charge on any atom is 0.417 e. The molecule has 1 aromatic rings. The summed E-state index contributed by atoms with van der Waals surface area (Å²) in [5.41, 5.74) is -0.293.